The molecule has 66 valence electrons. The zero-order chi connectivity index (χ0) is 9.56. The summed E-state index contributed by atoms with van der Waals surface area (Å²) in [5.74, 6) is 0. The summed E-state index contributed by atoms with van der Waals surface area (Å²) in [5.41, 5.74) is 3.37. The third kappa shape index (κ3) is 3.91. The fraction of sp³-hybridized carbons (Fsp3) is 0.364. The van der Waals surface area contributed by atoms with Crippen molar-refractivity contribution in [2.45, 2.75) is 27.7 Å². The zero-order valence-electron chi connectivity index (χ0n) is 8.39. The molecule has 0 aromatic carbocycles. The molecule has 1 heteroatoms. The molecule has 0 unspecified atom stereocenters. The SMILES string of the molecule is C=N/C(C)=C(C=C(C)C)/C=C\C. The van der Waals surface area contributed by atoms with Crippen LogP contribution in [-0.2, 0) is 0 Å². The van der Waals surface area contributed by atoms with Crippen LogP contribution >= 0.6 is 0 Å². The molecule has 0 spiro atoms. The van der Waals surface area contributed by atoms with E-state index in [1.165, 1.54) is 5.57 Å². The van der Waals surface area contributed by atoms with Gasteiger partial charge in [0.25, 0.3) is 0 Å². The van der Waals surface area contributed by atoms with Crippen molar-refractivity contribution in [1.29, 1.82) is 0 Å². The number of aliphatic imine (C=N–C) groups is 1. The maximum atomic E-state index is 3.89. The van der Waals surface area contributed by atoms with Gasteiger partial charge in [-0.2, -0.15) is 0 Å². The Kier molecular flexibility index (Phi) is 5.02. The minimum absolute atomic E-state index is 0.967. The summed E-state index contributed by atoms with van der Waals surface area (Å²) in [6, 6.07) is 0. The monoisotopic (exact) mass is 163 g/mol. The van der Waals surface area contributed by atoms with Crippen molar-refractivity contribution in [3.05, 3.63) is 35.1 Å². The van der Waals surface area contributed by atoms with Crippen molar-refractivity contribution in [3.8, 4) is 0 Å². The van der Waals surface area contributed by atoms with Crippen molar-refractivity contribution in [2.75, 3.05) is 0 Å². The molecule has 0 aliphatic rings. The van der Waals surface area contributed by atoms with E-state index in [1.54, 1.807) is 0 Å². The Balaban J connectivity index is 4.91. The Bertz CT molecular complexity index is 238. The number of hydrogen-bond acceptors (Lipinski definition) is 1. The van der Waals surface area contributed by atoms with Gasteiger partial charge in [-0.25, -0.2) is 0 Å². The lowest BCUT2D eigenvalue weighted by atomic mass is 10.1. The molecule has 0 amide bonds. The highest BCUT2D eigenvalue weighted by Gasteiger charge is 1.91. The van der Waals surface area contributed by atoms with Crippen LogP contribution in [0.3, 0.4) is 0 Å². The smallest absolute Gasteiger partial charge is 0.0437 e. The van der Waals surface area contributed by atoms with Crippen LogP contribution in [0.4, 0.5) is 0 Å². The molecule has 0 heterocycles. The Hall–Kier alpha value is -1.11. The third-order valence-corrected chi connectivity index (χ3v) is 1.45. The lowest BCUT2D eigenvalue weighted by molar-refractivity contribution is 1.26. The van der Waals surface area contributed by atoms with Gasteiger partial charge >= 0.3 is 0 Å². The normalized spacial score (nSPS) is 12.7. The largest absolute Gasteiger partial charge is 0.269 e. The molecule has 0 bridgehead atoms. The van der Waals surface area contributed by atoms with Crippen molar-refractivity contribution in [3.63, 3.8) is 0 Å². The van der Waals surface area contributed by atoms with E-state index in [9.17, 15) is 0 Å². The van der Waals surface area contributed by atoms with Crippen LogP contribution in [0.25, 0.3) is 0 Å². The van der Waals surface area contributed by atoms with E-state index in [1.807, 2.05) is 26.0 Å². The molecule has 0 atom stereocenters. The van der Waals surface area contributed by atoms with E-state index in [4.69, 9.17) is 0 Å². The highest BCUT2D eigenvalue weighted by Crippen LogP contribution is 2.10. The first-order valence-electron chi connectivity index (χ1n) is 4.07. The Morgan fingerprint density at radius 2 is 1.83 bits per heavy atom. The van der Waals surface area contributed by atoms with Gasteiger partial charge in [0, 0.05) is 5.70 Å². The van der Waals surface area contributed by atoms with E-state index in [0.717, 1.165) is 11.3 Å². The maximum Gasteiger partial charge on any atom is 0.0437 e. The second-order valence-electron chi connectivity index (χ2n) is 2.92. The van der Waals surface area contributed by atoms with E-state index in [2.05, 4.69) is 31.6 Å². The minimum Gasteiger partial charge on any atom is -0.269 e. The summed E-state index contributed by atoms with van der Waals surface area (Å²) < 4.78 is 0. The number of hydrogen-bond donors (Lipinski definition) is 0. The first-order valence-corrected chi connectivity index (χ1v) is 4.07. The number of nitrogens with zero attached hydrogens (tertiary/aromatic N) is 1. The molecular weight excluding hydrogens is 146 g/mol. The molecule has 1 nitrogen and oxygen atoms in total. The van der Waals surface area contributed by atoms with Crippen LogP contribution in [0.2, 0.25) is 0 Å². The van der Waals surface area contributed by atoms with Crippen molar-refractivity contribution >= 4 is 6.72 Å². The van der Waals surface area contributed by atoms with E-state index in [-0.39, 0.29) is 0 Å². The molecule has 0 fully saturated rings. The van der Waals surface area contributed by atoms with Crippen LogP contribution in [0.15, 0.2) is 40.1 Å². The van der Waals surface area contributed by atoms with Crippen molar-refractivity contribution in [1.82, 2.24) is 0 Å². The molecule has 0 radical (unpaired) electrons. The first kappa shape index (κ1) is 10.9. The van der Waals surface area contributed by atoms with Gasteiger partial charge in [-0.15, -0.1) is 0 Å². The highest BCUT2D eigenvalue weighted by atomic mass is 14.7. The predicted molar refractivity (Wildman–Crippen MR) is 56.5 cm³/mol. The summed E-state index contributed by atoms with van der Waals surface area (Å²) in [7, 11) is 0. The van der Waals surface area contributed by atoms with Gasteiger partial charge in [0.2, 0.25) is 0 Å². The Labute approximate surface area is 75.2 Å². The molecule has 0 saturated carbocycles. The molecule has 0 N–H and O–H groups in total. The lowest BCUT2D eigenvalue weighted by Crippen LogP contribution is -1.79. The van der Waals surface area contributed by atoms with Crippen LogP contribution < -0.4 is 0 Å². The van der Waals surface area contributed by atoms with Gasteiger partial charge in [0.15, 0.2) is 0 Å². The maximum absolute atomic E-state index is 3.89. The summed E-state index contributed by atoms with van der Waals surface area (Å²) in [4.78, 5) is 3.89. The minimum atomic E-state index is 0.967. The molecule has 0 rings (SSSR count). The molecule has 12 heavy (non-hydrogen) atoms. The van der Waals surface area contributed by atoms with Gasteiger partial charge in [-0.3, -0.25) is 4.99 Å². The molecule has 0 aliphatic carbocycles. The first-order chi connectivity index (χ1) is 5.61. The molecule has 0 aliphatic heterocycles. The van der Waals surface area contributed by atoms with Crippen LogP contribution in [0.5, 0.6) is 0 Å². The second-order valence-corrected chi connectivity index (χ2v) is 2.92. The number of rotatable bonds is 3. The summed E-state index contributed by atoms with van der Waals surface area (Å²) in [6.07, 6.45) is 6.14. The van der Waals surface area contributed by atoms with Gasteiger partial charge in [0.05, 0.1) is 0 Å². The average Bonchev–Trinajstić information content (AvgIpc) is 2.01. The summed E-state index contributed by atoms with van der Waals surface area (Å²) in [5, 5.41) is 0. The van der Waals surface area contributed by atoms with Crippen LogP contribution in [0.1, 0.15) is 27.7 Å². The predicted octanol–water partition coefficient (Wildman–Crippen LogP) is 3.50. The zero-order valence-corrected chi connectivity index (χ0v) is 8.39. The molecular formula is C11H17N. The topological polar surface area (TPSA) is 12.4 Å². The van der Waals surface area contributed by atoms with Gasteiger partial charge in [-0.1, -0.05) is 23.8 Å². The fourth-order valence-electron chi connectivity index (χ4n) is 0.855. The van der Waals surface area contributed by atoms with Crippen LogP contribution in [0, 0.1) is 0 Å². The summed E-state index contributed by atoms with van der Waals surface area (Å²) >= 11 is 0. The summed E-state index contributed by atoms with van der Waals surface area (Å²) in [6.45, 7) is 11.6. The Morgan fingerprint density at radius 1 is 1.25 bits per heavy atom. The van der Waals surface area contributed by atoms with Crippen molar-refractivity contribution < 1.29 is 0 Å². The van der Waals surface area contributed by atoms with Gasteiger partial charge in [-0.05, 0) is 40.0 Å². The Morgan fingerprint density at radius 3 is 2.17 bits per heavy atom. The second kappa shape index (κ2) is 5.53. The highest BCUT2D eigenvalue weighted by molar-refractivity contribution is 5.39. The molecule has 0 aromatic rings. The molecule has 0 aromatic heterocycles. The van der Waals surface area contributed by atoms with E-state index in [0.29, 0.717) is 0 Å². The van der Waals surface area contributed by atoms with Crippen LogP contribution in [-0.4, -0.2) is 6.72 Å². The standard InChI is InChI=1S/C11H17N/c1-6-7-11(8-9(2)3)10(4)12-5/h6-8H,5H2,1-4H3/b7-6-,11-10-. The van der Waals surface area contributed by atoms with Gasteiger partial charge in [0.1, 0.15) is 0 Å². The quantitative estimate of drug-likeness (QED) is 0.446. The fourth-order valence-corrected chi connectivity index (χ4v) is 0.855. The lowest BCUT2D eigenvalue weighted by Gasteiger charge is -1.98. The molecule has 0 saturated heterocycles. The van der Waals surface area contributed by atoms with E-state index >= 15 is 0 Å². The average molecular weight is 163 g/mol. The van der Waals surface area contributed by atoms with Gasteiger partial charge < -0.3 is 0 Å². The third-order valence-electron chi connectivity index (χ3n) is 1.45. The van der Waals surface area contributed by atoms with E-state index < -0.39 is 0 Å². The van der Waals surface area contributed by atoms with Crippen molar-refractivity contribution in [2.24, 2.45) is 4.99 Å². The number of allylic oxidation sites excluding steroid dienone is 6.